The fourth-order valence-electron chi connectivity index (χ4n) is 3.69. The summed E-state index contributed by atoms with van der Waals surface area (Å²) in [6.45, 7) is 8.95. The summed E-state index contributed by atoms with van der Waals surface area (Å²) in [6.07, 6.45) is 25.5. The van der Waals surface area contributed by atoms with Crippen LogP contribution in [0.3, 0.4) is 0 Å². The minimum absolute atomic E-state index is 0.870. The molecule has 1 aliphatic carbocycles. The zero-order valence-corrected chi connectivity index (χ0v) is 16.1. The zero-order chi connectivity index (χ0) is 16.8. The quantitative estimate of drug-likeness (QED) is 0.211. The van der Waals surface area contributed by atoms with Gasteiger partial charge >= 0.3 is 0 Å². The Kier molecular flexibility index (Phi) is 12.4. The molecule has 0 radical (unpaired) electrons. The van der Waals surface area contributed by atoms with E-state index >= 15 is 0 Å². The van der Waals surface area contributed by atoms with Crippen LogP contribution >= 0.6 is 0 Å². The molecular formula is C23H42. The van der Waals surface area contributed by atoms with Crippen molar-refractivity contribution in [3.63, 3.8) is 0 Å². The zero-order valence-electron chi connectivity index (χ0n) is 16.1. The molecule has 23 heavy (non-hydrogen) atoms. The van der Waals surface area contributed by atoms with Gasteiger partial charge in [0.25, 0.3) is 0 Å². The van der Waals surface area contributed by atoms with Crippen LogP contribution in [-0.4, -0.2) is 0 Å². The Bertz CT molecular complexity index is 306. The highest BCUT2D eigenvalue weighted by atomic mass is 14.3. The van der Waals surface area contributed by atoms with Crippen LogP contribution in [-0.2, 0) is 0 Å². The standard InChI is InChI=1S/C23H42/c1-4-5-6-7-8-9-10-11-12-13-14-15-16-17-18-22(3)23-19-21(2)20-23/h11-12,21,23H,3-10,13-20H2,1-2H3/b12-11+. The van der Waals surface area contributed by atoms with Crippen molar-refractivity contribution in [2.24, 2.45) is 11.8 Å². The van der Waals surface area contributed by atoms with Gasteiger partial charge < -0.3 is 0 Å². The third-order valence-corrected chi connectivity index (χ3v) is 5.46. The Hall–Kier alpha value is -0.520. The fraction of sp³-hybridized carbons (Fsp3) is 0.826. The predicted molar refractivity (Wildman–Crippen MR) is 106 cm³/mol. The van der Waals surface area contributed by atoms with Crippen LogP contribution < -0.4 is 0 Å². The van der Waals surface area contributed by atoms with Crippen molar-refractivity contribution in [2.45, 2.75) is 110 Å². The molecule has 0 nitrogen and oxygen atoms in total. The first-order chi connectivity index (χ1) is 11.2. The molecule has 0 saturated heterocycles. The minimum Gasteiger partial charge on any atom is -0.0996 e. The number of rotatable bonds is 15. The Balaban J connectivity index is 1.77. The lowest BCUT2D eigenvalue weighted by Gasteiger charge is -2.34. The van der Waals surface area contributed by atoms with E-state index in [0.717, 1.165) is 11.8 Å². The summed E-state index contributed by atoms with van der Waals surface area (Å²) in [5.41, 5.74) is 1.54. The van der Waals surface area contributed by atoms with E-state index in [1.54, 1.807) is 5.57 Å². The largest absolute Gasteiger partial charge is 0.0996 e. The van der Waals surface area contributed by atoms with Crippen molar-refractivity contribution < 1.29 is 0 Å². The molecule has 0 aromatic heterocycles. The van der Waals surface area contributed by atoms with Gasteiger partial charge in [-0.25, -0.2) is 0 Å². The van der Waals surface area contributed by atoms with Crippen LogP contribution in [0.4, 0.5) is 0 Å². The van der Waals surface area contributed by atoms with Crippen molar-refractivity contribution in [3.8, 4) is 0 Å². The summed E-state index contributed by atoms with van der Waals surface area (Å²) in [6, 6.07) is 0. The lowest BCUT2D eigenvalue weighted by atomic mass is 9.71. The van der Waals surface area contributed by atoms with E-state index in [2.05, 4.69) is 32.6 Å². The predicted octanol–water partition coefficient (Wildman–Crippen LogP) is 8.24. The summed E-state index contributed by atoms with van der Waals surface area (Å²) >= 11 is 0. The van der Waals surface area contributed by atoms with E-state index in [-0.39, 0.29) is 0 Å². The molecule has 0 heterocycles. The van der Waals surface area contributed by atoms with Crippen LogP contribution in [0.25, 0.3) is 0 Å². The third-order valence-electron chi connectivity index (χ3n) is 5.46. The molecule has 1 saturated carbocycles. The number of allylic oxidation sites excluding steroid dienone is 3. The smallest absolute Gasteiger partial charge is 0.0201 e. The first-order valence-electron chi connectivity index (χ1n) is 10.6. The molecule has 0 aliphatic heterocycles. The first kappa shape index (κ1) is 20.5. The van der Waals surface area contributed by atoms with Crippen LogP contribution in [0.1, 0.15) is 110 Å². The van der Waals surface area contributed by atoms with Gasteiger partial charge in [-0.2, -0.15) is 0 Å². The maximum absolute atomic E-state index is 4.30. The molecule has 0 amide bonds. The van der Waals surface area contributed by atoms with E-state index in [4.69, 9.17) is 0 Å². The maximum atomic E-state index is 4.30. The molecule has 1 aliphatic rings. The number of unbranched alkanes of at least 4 members (excludes halogenated alkanes) is 10. The van der Waals surface area contributed by atoms with Gasteiger partial charge in [-0.3, -0.25) is 0 Å². The second kappa shape index (κ2) is 13.9. The summed E-state index contributed by atoms with van der Waals surface area (Å²) in [7, 11) is 0. The Labute approximate surface area is 146 Å². The normalized spacial score (nSPS) is 20.8. The average Bonchev–Trinajstić information content (AvgIpc) is 2.52. The number of hydrogen-bond donors (Lipinski definition) is 0. The Morgan fingerprint density at radius 1 is 0.826 bits per heavy atom. The van der Waals surface area contributed by atoms with E-state index in [1.165, 1.54) is 96.3 Å². The summed E-state index contributed by atoms with van der Waals surface area (Å²) in [4.78, 5) is 0. The fourth-order valence-corrected chi connectivity index (χ4v) is 3.69. The van der Waals surface area contributed by atoms with Crippen molar-refractivity contribution in [1.82, 2.24) is 0 Å². The van der Waals surface area contributed by atoms with Crippen molar-refractivity contribution in [1.29, 1.82) is 0 Å². The maximum Gasteiger partial charge on any atom is -0.0201 e. The second-order valence-electron chi connectivity index (χ2n) is 7.91. The highest BCUT2D eigenvalue weighted by Crippen LogP contribution is 2.39. The molecule has 0 spiro atoms. The van der Waals surface area contributed by atoms with Crippen LogP contribution in [0.2, 0.25) is 0 Å². The van der Waals surface area contributed by atoms with Gasteiger partial charge in [0, 0.05) is 0 Å². The van der Waals surface area contributed by atoms with Gasteiger partial charge in [-0.1, -0.05) is 83.1 Å². The Morgan fingerprint density at radius 3 is 1.91 bits per heavy atom. The molecule has 0 N–H and O–H groups in total. The topological polar surface area (TPSA) is 0 Å². The van der Waals surface area contributed by atoms with Crippen LogP contribution in [0, 0.1) is 11.8 Å². The molecule has 134 valence electrons. The van der Waals surface area contributed by atoms with E-state index in [1.807, 2.05) is 0 Å². The van der Waals surface area contributed by atoms with Crippen LogP contribution in [0.5, 0.6) is 0 Å². The SMILES string of the molecule is C=C(CCCCCC/C=C/CCCCCCCC)C1CC(C)C1. The molecule has 0 atom stereocenters. The van der Waals surface area contributed by atoms with Gasteiger partial charge in [0.1, 0.15) is 0 Å². The highest BCUT2D eigenvalue weighted by molar-refractivity contribution is 5.05. The highest BCUT2D eigenvalue weighted by Gasteiger charge is 2.26. The Morgan fingerprint density at radius 2 is 1.35 bits per heavy atom. The molecule has 1 fully saturated rings. The van der Waals surface area contributed by atoms with E-state index in [9.17, 15) is 0 Å². The molecular weight excluding hydrogens is 276 g/mol. The monoisotopic (exact) mass is 318 g/mol. The van der Waals surface area contributed by atoms with E-state index in [0.29, 0.717) is 0 Å². The van der Waals surface area contributed by atoms with E-state index < -0.39 is 0 Å². The third kappa shape index (κ3) is 10.8. The summed E-state index contributed by atoms with van der Waals surface area (Å²) in [5.74, 6) is 1.83. The number of hydrogen-bond acceptors (Lipinski definition) is 0. The molecule has 0 heteroatoms. The molecule has 0 aromatic carbocycles. The lowest BCUT2D eigenvalue weighted by molar-refractivity contribution is 0.244. The van der Waals surface area contributed by atoms with Gasteiger partial charge in [0.15, 0.2) is 0 Å². The van der Waals surface area contributed by atoms with Crippen LogP contribution in [0.15, 0.2) is 24.3 Å². The molecule has 0 bridgehead atoms. The van der Waals surface area contributed by atoms with Gasteiger partial charge in [0.2, 0.25) is 0 Å². The first-order valence-corrected chi connectivity index (χ1v) is 10.6. The second-order valence-corrected chi connectivity index (χ2v) is 7.91. The average molecular weight is 319 g/mol. The summed E-state index contributed by atoms with van der Waals surface area (Å²) < 4.78 is 0. The van der Waals surface area contributed by atoms with Gasteiger partial charge in [-0.15, -0.1) is 0 Å². The molecule has 0 aromatic rings. The lowest BCUT2D eigenvalue weighted by Crippen LogP contribution is -2.22. The molecule has 0 unspecified atom stereocenters. The van der Waals surface area contributed by atoms with Gasteiger partial charge in [0.05, 0.1) is 0 Å². The van der Waals surface area contributed by atoms with Crippen molar-refractivity contribution in [3.05, 3.63) is 24.3 Å². The summed E-state index contributed by atoms with van der Waals surface area (Å²) in [5, 5.41) is 0. The molecule has 1 rings (SSSR count). The minimum atomic E-state index is 0.870. The van der Waals surface area contributed by atoms with Crippen molar-refractivity contribution >= 4 is 0 Å². The van der Waals surface area contributed by atoms with Gasteiger partial charge in [-0.05, 0) is 63.2 Å². The van der Waals surface area contributed by atoms with Crippen molar-refractivity contribution in [2.75, 3.05) is 0 Å².